The topological polar surface area (TPSA) is 125 Å². The van der Waals surface area contributed by atoms with Crippen molar-refractivity contribution in [1.29, 1.82) is 0 Å². The summed E-state index contributed by atoms with van der Waals surface area (Å²) in [7, 11) is 4.62. The number of sulfonamides is 1. The third-order valence-corrected chi connectivity index (χ3v) is 7.78. The van der Waals surface area contributed by atoms with Crippen molar-refractivity contribution in [2.75, 3.05) is 59.1 Å². The Kier molecular flexibility index (Phi) is 11.3. The quantitative estimate of drug-likeness (QED) is 0.228. The molecule has 35 heavy (non-hydrogen) atoms. The molecule has 0 atom stereocenters. The van der Waals surface area contributed by atoms with Gasteiger partial charge in [0, 0.05) is 18.8 Å². The summed E-state index contributed by atoms with van der Waals surface area (Å²) in [5.74, 6) is 0. The Morgan fingerprint density at radius 2 is 1.66 bits per heavy atom. The number of halogens is 1. The summed E-state index contributed by atoms with van der Waals surface area (Å²) in [6.45, 7) is 6.63. The molecule has 0 aliphatic rings. The summed E-state index contributed by atoms with van der Waals surface area (Å²) >= 11 is 6.12. The first kappa shape index (κ1) is 31.0. The lowest BCUT2D eigenvalue weighted by atomic mass is 10.1. The average molecular weight is 534 g/mol. The molecule has 0 aliphatic carbocycles. The smallest absolute Gasteiger partial charge is 0.266 e. The van der Waals surface area contributed by atoms with E-state index in [9.17, 15) is 18.0 Å². The highest BCUT2D eigenvalue weighted by molar-refractivity contribution is 7.89. The highest BCUT2D eigenvalue weighted by atomic mass is 35.5. The van der Waals surface area contributed by atoms with E-state index in [-0.39, 0.29) is 33.9 Å². The van der Waals surface area contributed by atoms with Crippen molar-refractivity contribution >= 4 is 38.7 Å². The minimum atomic E-state index is -4.01. The zero-order valence-corrected chi connectivity index (χ0v) is 23.3. The first-order valence-electron chi connectivity index (χ1n) is 11.3. The number of nitrogens with one attached hydrogen (secondary N) is 2. The van der Waals surface area contributed by atoms with Gasteiger partial charge in [-0.2, -0.15) is 0 Å². The fraction of sp³-hybridized carbons (Fsp3) is 0.565. The van der Waals surface area contributed by atoms with E-state index in [1.165, 1.54) is 20.2 Å². The number of hydroxylamine groups is 1. The van der Waals surface area contributed by atoms with Gasteiger partial charge in [-0.1, -0.05) is 29.9 Å². The molecule has 0 amide bonds. The highest BCUT2D eigenvalue weighted by Crippen LogP contribution is 2.34. The molecule has 0 heterocycles. The van der Waals surface area contributed by atoms with Crippen molar-refractivity contribution < 1.29 is 22.8 Å². The fourth-order valence-corrected chi connectivity index (χ4v) is 4.88. The van der Waals surface area contributed by atoms with Gasteiger partial charge in [0.15, 0.2) is 0 Å². The summed E-state index contributed by atoms with van der Waals surface area (Å²) < 4.78 is 26.9. The molecule has 198 valence electrons. The summed E-state index contributed by atoms with van der Waals surface area (Å²) in [5.41, 5.74) is -0.253. The van der Waals surface area contributed by atoms with Crippen LogP contribution in [-0.2, 0) is 14.9 Å². The number of hydrogen-bond acceptors (Lipinski definition) is 8. The molecule has 0 radical (unpaired) electrons. The molecule has 0 saturated carbocycles. The van der Waals surface area contributed by atoms with Crippen LogP contribution in [0, 0.1) is 6.92 Å². The van der Waals surface area contributed by atoms with Crippen molar-refractivity contribution in [2.24, 2.45) is 0 Å². The standard InChI is InChI=1S/C18H24ClN3O5S.C5H14NO/c1-6-11(7-2)20-14-15(17(24)16(14)23)21-13-9-8-12(19)18(10(13)3)28(25,26)22(4)27-5;1-6(2,3)4-5-7/h8-9,11,20-21H,6-7H2,1-5H3;7H,4-5H2,1-3H3/q;+1. The Bertz CT molecular complexity index is 1170. The van der Waals surface area contributed by atoms with Crippen molar-refractivity contribution in [3.63, 3.8) is 0 Å². The number of benzene rings is 1. The van der Waals surface area contributed by atoms with Gasteiger partial charge in [-0.15, -0.1) is 0 Å². The predicted octanol–water partition coefficient (Wildman–Crippen LogP) is 2.46. The second-order valence-corrected chi connectivity index (χ2v) is 11.4. The molecule has 0 bridgehead atoms. The molecule has 0 saturated heterocycles. The van der Waals surface area contributed by atoms with E-state index in [0.717, 1.165) is 23.9 Å². The van der Waals surface area contributed by atoms with Crippen LogP contribution in [-0.4, -0.2) is 77.0 Å². The van der Waals surface area contributed by atoms with Crippen LogP contribution in [0.15, 0.2) is 26.6 Å². The molecule has 3 N–H and O–H groups in total. The summed E-state index contributed by atoms with van der Waals surface area (Å²) in [6.07, 6.45) is 1.58. The maximum atomic E-state index is 12.7. The second kappa shape index (κ2) is 12.8. The first-order chi connectivity index (χ1) is 16.2. The number of anilines is 3. The Balaban J connectivity index is 0.000000762. The van der Waals surface area contributed by atoms with E-state index >= 15 is 0 Å². The van der Waals surface area contributed by atoms with Crippen LogP contribution in [0.4, 0.5) is 17.1 Å². The van der Waals surface area contributed by atoms with E-state index in [1.807, 2.05) is 13.8 Å². The lowest BCUT2D eigenvalue weighted by Gasteiger charge is -2.22. The van der Waals surface area contributed by atoms with Crippen molar-refractivity contribution in [3.05, 3.63) is 43.2 Å². The van der Waals surface area contributed by atoms with Crippen LogP contribution in [0.5, 0.6) is 0 Å². The third-order valence-electron chi connectivity index (χ3n) is 5.49. The number of quaternary nitrogens is 1. The van der Waals surface area contributed by atoms with Crippen LogP contribution < -0.4 is 21.5 Å². The van der Waals surface area contributed by atoms with Gasteiger partial charge in [0.2, 0.25) is 0 Å². The maximum absolute atomic E-state index is 12.7. The molecular weight excluding hydrogens is 496 g/mol. The summed E-state index contributed by atoms with van der Waals surface area (Å²) in [5, 5.41) is 14.4. The molecule has 2 rings (SSSR count). The van der Waals surface area contributed by atoms with Crippen LogP contribution in [0.2, 0.25) is 5.02 Å². The van der Waals surface area contributed by atoms with Gasteiger partial charge in [0.25, 0.3) is 20.9 Å². The number of likely N-dealkylation sites (N-methyl/N-ethyl adjacent to an activating group) is 1. The van der Waals surface area contributed by atoms with Crippen LogP contribution in [0.3, 0.4) is 0 Å². The van der Waals surface area contributed by atoms with Crippen LogP contribution in [0.1, 0.15) is 32.3 Å². The summed E-state index contributed by atoms with van der Waals surface area (Å²) in [4.78, 5) is 28.7. The summed E-state index contributed by atoms with van der Waals surface area (Å²) in [6, 6.07) is 3.02. The van der Waals surface area contributed by atoms with Crippen molar-refractivity contribution in [2.45, 2.75) is 44.6 Å². The molecule has 0 aliphatic heterocycles. The highest BCUT2D eigenvalue weighted by Gasteiger charge is 2.29. The Hall–Kier alpha value is -2.02. The van der Waals surface area contributed by atoms with Crippen LogP contribution in [0.25, 0.3) is 0 Å². The maximum Gasteiger partial charge on any atom is 0.266 e. The minimum absolute atomic E-state index is 0.0207. The van der Waals surface area contributed by atoms with Gasteiger partial charge in [0.05, 0.1) is 39.9 Å². The van der Waals surface area contributed by atoms with Gasteiger partial charge in [-0.05, 0) is 37.5 Å². The SMILES string of the molecule is CCC(CC)Nc1c(Nc2ccc(Cl)c(S(=O)(=O)N(C)OC)c2C)c(=O)c1=O.C[N+](C)(C)CCO. The number of rotatable bonds is 11. The largest absolute Gasteiger partial charge is 0.391 e. The van der Waals surface area contributed by atoms with Gasteiger partial charge < -0.3 is 20.2 Å². The van der Waals surface area contributed by atoms with Gasteiger partial charge in [-0.25, -0.2) is 8.42 Å². The van der Waals surface area contributed by atoms with Gasteiger partial charge in [0.1, 0.15) is 22.8 Å². The molecule has 12 heteroatoms. The molecule has 0 spiro atoms. The van der Waals surface area contributed by atoms with E-state index < -0.39 is 20.9 Å². The van der Waals surface area contributed by atoms with E-state index in [1.54, 1.807) is 13.0 Å². The number of hydrogen-bond donors (Lipinski definition) is 3. The van der Waals surface area contributed by atoms with E-state index in [4.69, 9.17) is 21.5 Å². The second-order valence-electron chi connectivity index (χ2n) is 9.07. The first-order valence-corrected chi connectivity index (χ1v) is 13.1. The molecule has 0 fully saturated rings. The lowest BCUT2D eigenvalue weighted by molar-refractivity contribution is -0.870. The minimum Gasteiger partial charge on any atom is -0.391 e. The number of aliphatic hydroxyl groups excluding tert-OH is 1. The Morgan fingerprint density at radius 3 is 2.09 bits per heavy atom. The molecule has 0 aromatic heterocycles. The average Bonchev–Trinajstić information content (AvgIpc) is 2.78. The van der Waals surface area contributed by atoms with Crippen molar-refractivity contribution in [3.8, 4) is 0 Å². The van der Waals surface area contributed by atoms with E-state index in [2.05, 4.69) is 31.8 Å². The predicted molar refractivity (Wildman–Crippen MR) is 141 cm³/mol. The monoisotopic (exact) mass is 533 g/mol. The third kappa shape index (κ3) is 7.73. The molecule has 0 unspecified atom stereocenters. The molecule has 2 aromatic carbocycles. The number of nitrogens with zero attached hydrogens (tertiary/aromatic N) is 2. The molecule has 10 nitrogen and oxygen atoms in total. The Labute approximate surface area is 212 Å². The van der Waals surface area contributed by atoms with Gasteiger partial charge >= 0.3 is 0 Å². The van der Waals surface area contributed by atoms with Gasteiger partial charge in [-0.3, -0.25) is 14.4 Å². The van der Waals surface area contributed by atoms with Crippen molar-refractivity contribution in [1.82, 2.24) is 4.47 Å². The normalized spacial score (nSPS) is 12.1. The molecule has 2 aromatic rings. The number of aliphatic hydroxyl groups is 1. The molecular formula is C23H38ClN4O6S+. The lowest BCUT2D eigenvalue weighted by Crippen LogP contribution is -2.39. The Morgan fingerprint density at radius 1 is 1.11 bits per heavy atom. The zero-order valence-electron chi connectivity index (χ0n) is 21.7. The van der Waals surface area contributed by atoms with E-state index in [0.29, 0.717) is 15.7 Å². The van der Waals surface area contributed by atoms with Crippen LogP contribution >= 0.6 is 11.6 Å². The fourth-order valence-electron chi connectivity index (χ4n) is 3.12. The zero-order chi connectivity index (χ0) is 27.1.